The predicted octanol–water partition coefficient (Wildman–Crippen LogP) is 0.0724. The lowest BCUT2D eigenvalue weighted by Crippen LogP contribution is -2.40. The van der Waals surface area contributed by atoms with Crippen molar-refractivity contribution in [3.63, 3.8) is 0 Å². The molecular formula is C7H11NO2. The van der Waals surface area contributed by atoms with Crippen LogP contribution in [-0.4, -0.2) is 23.2 Å². The predicted molar refractivity (Wildman–Crippen MR) is 38.6 cm³/mol. The molecule has 0 rings (SSSR count). The molecule has 0 unspecified atom stereocenters. The zero-order chi connectivity index (χ0) is 8.20. The minimum absolute atomic E-state index is 0.100. The first-order chi connectivity index (χ1) is 4.48. The minimum atomic E-state index is -0.900. The number of carboxylic acids is 1. The first-order valence-corrected chi connectivity index (χ1v) is 2.92. The molecule has 0 saturated heterocycles. The fraction of sp³-hybridized carbons (Fsp3) is 0.571. The molecule has 0 heterocycles. The van der Waals surface area contributed by atoms with Gasteiger partial charge in [-0.3, -0.25) is 10.1 Å². The van der Waals surface area contributed by atoms with E-state index in [2.05, 4.69) is 11.2 Å². The molecule has 0 bridgehead atoms. The average molecular weight is 141 g/mol. The smallest absolute Gasteiger partial charge is 0.317 e. The molecule has 0 aliphatic carbocycles. The van der Waals surface area contributed by atoms with Crippen molar-refractivity contribution in [2.24, 2.45) is 0 Å². The molecule has 0 aromatic rings. The Balaban J connectivity index is 3.71. The Kier molecular flexibility index (Phi) is 2.91. The van der Waals surface area contributed by atoms with Crippen LogP contribution in [0.1, 0.15) is 13.8 Å². The fourth-order valence-corrected chi connectivity index (χ4v) is 0.348. The van der Waals surface area contributed by atoms with Crippen molar-refractivity contribution in [2.75, 3.05) is 6.54 Å². The van der Waals surface area contributed by atoms with Gasteiger partial charge in [0.2, 0.25) is 0 Å². The van der Waals surface area contributed by atoms with E-state index in [0.717, 1.165) is 0 Å². The maximum atomic E-state index is 10.0. The van der Waals surface area contributed by atoms with Gasteiger partial charge in [-0.15, -0.1) is 6.42 Å². The molecule has 0 aliphatic heterocycles. The molecule has 0 aliphatic rings. The van der Waals surface area contributed by atoms with Gasteiger partial charge in [-0.25, -0.2) is 0 Å². The van der Waals surface area contributed by atoms with Gasteiger partial charge in [-0.1, -0.05) is 5.92 Å². The number of hydrogen-bond acceptors (Lipinski definition) is 2. The number of rotatable bonds is 3. The highest BCUT2D eigenvalue weighted by molar-refractivity contribution is 5.69. The Morgan fingerprint density at radius 1 is 1.80 bits per heavy atom. The zero-order valence-electron chi connectivity index (χ0n) is 6.14. The third-order valence-corrected chi connectivity index (χ3v) is 1.04. The summed E-state index contributed by atoms with van der Waals surface area (Å²) in [5, 5.41) is 10.9. The van der Waals surface area contributed by atoms with E-state index >= 15 is 0 Å². The number of carboxylic acid groups (broad SMARTS) is 1. The van der Waals surface area contributed by atoms with E-state index in [1.165, 1.54) is 0 Å². The van der Waals surface area contributed by atoms with Gasteiger partial charge in [0.05, 0.1) is 12.1 Å². The maximum Gasteiger partial charge on any atom is 0.317 e. The fourth-order valence-electron chi connectivity index (χ4n) is 0.348. The first kappa shape index (κ1) is 8.99. The van der Waals surface area contributed by atoms with Gasteiger partial charge in [0.25, 0.3) is 0 Å². The van der Waals surface area contributed by atoms with Crippen LogP contribution in [0.25, 0.3) is 0 Å². The van der Waals surface area contributed by atoms with Gasteiger partial charge in [-0.2, -0.15) is 0 Å². The largest absolute Gasteiger partial charge is 0.480 e. The molecule has 0 atom stereocenters. The van der Waals surface area contributed by atoms with Crippen molar-refractivity contribution in [1.82, 2.24) is 5.32 Å². The molecule has 3 nitrogen and oxygen atoms in total. The van der Waals surface area contributed by atoms with Crippen LogP contribution in [0, 0.1) is 12.3 Å². The highest BCUT2D eigenvalue weighted by atomic mass is 16.4. The maximum absolute atomic E-state index is 10.0. The number of hydrogen-bond donors (Lipinski definition) is 2. The van der Waals surface area contributed by atoms with E-state index in [1.807, 2.05) is 0 Å². The van der Waals surface area contributed by atoms with Crippen molar-refractivity contribution < 1.29 is 9.90 Å². The van der Waals surface area contributed by atoms with E-state index in [1.54, 1.807) is 13.8 Å². The van der Waals surface area contributed by atoms with Gasteiger partial charge in [0.1, 0.15) is 0 Å². The normalized spacial score (nSPS) is 10.5. The van der Waals surface area contributed by atoms with Crippen LogP contribution in [-0.2, 0) is 4.79 Å². The van der Waals surface area contributed by atoms with Crippen LogP contribution in [0.3, 0.4) is 0 Å². The van der Waals surface area contributed by atoms with E-state index in [-0.39, 0.29) is 6.54 Å². The molecule has 0 amide bonds. The van der Waals surface area contributed by atoms with Crippen molar-refractivity contribution in [3.8, 4) is 12.3 Å². The summed E-state index contributed by atoms with van der Waals surface area (Å²) in [4.78, 5) is 10.0. The lowest BCUT2D eigenvalue weighted by molar-refractivity contribution is -0.136. The second-order valence-corrected chi connectivity index (χ2v) is 2.52. The highest BCUT2D eigenvalue weighted by Crippen LogP contribution is 1.96. The Hall–Kier alpha value is -1.01. The monoisotopic (exact) mass is 141 g/mol. The van der Waals surface area contributed by atoms with E-state index in [0.29, 0.717) is 0 Å². The topological polar surface area (TPSA) is 49.3 Å². The second-order valence-electron chi connectivity index (χ2n) is 2.52. The van der Waals surface area contributed by atoms with Crippen molar-refractivity contribution in [2.45, 2.75) is 19.4 Å². The van der Waals surface area contributed by atoms with Gasteiger partial charge < -0.3 is 5.11 Å². The van der Waals surface area contributed by atoms with Gasteiger partial charge in [-0.05, 0) is 13.8 Å². The van der Waals surface area contributed by atoms with Gasteiger partial charge in [0, 0.05) is 0 Å². The number of nitrogens with one attached hydrogen (secondary N) is 1. The molecular weight excluding hydrogens is 130 g/mol. The molecule has 10 heavy (non-hydrogen) atoms. The number of terminal acetylenes is 1. The Morgan fingerprint density at radius 3 is 2.60 bits per heavy atom. The molecule has 0 aromatic carbocycles. The Bertz CT molecular complexity index is 167. The van der Waals surface area contributed by atoms with Gasteiger partial charge >= 0.3 is 5.97 Å². The second kappa shape index (κ2) is 3.23. The minimum Gasteiger partial charge on any atom is -0.480 e. The molecule has 0 aromatic heterocycles. The Morgan fingerprint density at radius 2 is 2.30 bits per heavy atom. The summed E-state index contributed by atoms with van der Waals surface area (Å²) in [6.07, 6.45) is 5.09. The van der Waals surface area contributed by atoms with Crippen LogP contribution in [0.2, 0.25) is 0 Å². The molecule has 0 saturated carbocycles. The Labute approximate surface area is 60.4 Å². The van der Waals surface area contributed by atoms with E-state index in [9.17, 15) is 4.79 Å². The SMILES string of the molecule is C#CC(C)(C)NCC(=O)O. The molecule has 0 fully saturated rings. The standard InChI is InChI=1S/C7H11NO2/c1-4-7(2,3)8-5-6(9)10/h1,8H,5H2,2-3H3,(H,9,10). The van der Waals surface area contributed by atoms with Crippen molar-refractivity contribution >= 4 is 5.97 Å². The number of carbonyl (C=O) groups is 1. The molecule has 3 heteroatoms. The van der Waals surface area contributed by atoms with Crippen molar-refractivity contribution in [3.05, 3.63) is 0 Å². The van der Waals surface area contributed by atoms with Crippen LogP contribution in [0.5, 0.6) is 0 Å². The summed E-state index contributed by atoms with van der Waals surface area (Å²) in [6.45, 7) is 3.39. The van der Waals surface area contributed by atoms with Crippen LogP contribution < -0.4 is 5.32 Å². The van der Waals surface area contributed by atoms with Gasteiger partial charge in [0.15, 0.2) is 0 Å². The highest BCUT2D eigenvalue weighted by Gasteiger charge is 2.13. The summed E-state index contributed by atoms with van der Waals surface area (Å²) < 4.78 is 0. The summed E-state index contributed by atoms with van der Waals surface area (Å²) in [5.41, 5.74) is -0.529. The van der Waals surface area contributed by atoms with Crippen LogP contribution in [0.4, 0.5) is 0 Å². The van der Waals surface area contributed by atoms with Crippen LogP contribution >= 0.6 is 0 Å². The van der Waals surface area contributed by atoms with Crippen LogP contribution in [0.15, 0.2) is 0 Å². The van der Waals surface area contributed by atoms with Crippen molar-refractivity contribution in [1.29, 1.82) is 0 Å². The third kappa shape index (κ3) is 3.93. The summed E-state index contributed by atoms with van der Waals surface area (Å²) in [6, 6.07) is 0. The summed E-state index contributed by atoms with van der Waals surface area (Å²) in [5.74, 6) is 1.52. The first-order valence-electron chi connectivity index (χ1n) is 2.92. The average Bonchev–Trinajstić information content (AvgIpc) is 1.85. The lowest BCUT2D eigenvalue weighted by Gasteiger charge is -2.17. The quantitative estimate of drug-likeness (QED) is 0.547. The molecule has 56 valence electrons. The summed E-state index contributed by atoms with van der Waals surface area (Å²) in [7, 11) is 0. The van der Waals surface area contributed by atoms with E-state index < -0.39 is 11.5 Å². The summed E-state index contributed by atoms with van der Waals surface area (Å²) >= 11 is 0. The third-order valence-electron chi connectivity index (χ3n) is 1.04. The molecule has 2 N–H and O–H groups in total. The lowest BCUT2D eigenvalue weighted by atomic mass is 10.1. The van der Waals surface area contributed by atoms with E-state index in [4.69, 9.17) is 11.5 Å². The zero-order valence-corrected chi connectivity index (χ0v) is 6.14. The molecule has 0 radical (unpaired) electrons. The number of aliphatic carboxylic acids is 1. The molecule has 0 spiro atoms.